The second kappa shape index (κ2) is 3.10. The van der Waals surface area contributed by atoms with Gasteiger partial charge in [-0.15, -0.1) is 0 Å². The third kappa shape index (κ3) is 1.30. The first-order valence-corrected chi connectivity index (χ1v) is 4.61. The largest absolute Gasteiger partial charge is 0.366 e. The number of hydrogen-bond donors (Lipinski definition) is 1. The average molecular weight is 209 g/mol. The van der Waals surface area contributed by atoms with Crippen LogP contribution in [0.5, 0.6) is 0 Å². The molecule has 0 fully saturated rings. The van der Waals surface area contributed by atoms with Crippen LogP contribution < -0.4 is 5.73 Å². The highest BCUT2D eigenvalue weighted by molar-refractivity contribution is 6.35. The molecule has 4 heteroatoms. The minimum absolute atomic E-state index is 0.288. The van der Waals surface area contributed by atoms with Gasteiger partial charge in [-0.3, -0.25) is 9.78 Å². The van der Waals surface area contributed by atoms with Gasteiger partial charge in [0.15, 0.2) is 0 Å². The van der Waals surface area contributed by atoms with Crippen molar-refractivity contribution in [1.82, 2.24) is 4.98 Å². The molecule has 0 saturated heterocycles. The first-order chi connectivity index (χ1) is 6.59. The quantitative estimate of drug-likeness (QED) is 0.765. The van der Waals surface area contributed by atoms with E-state index in [2.05, 4.69) is 4.98 Å². The number of nitrogens with zero attached hydrogens (tertiary/aromatic N) is 1. The van der Waals surface area contributed by atoms with Crippen LogP contribution >= 0.6 is 11.6 Å². The summed E-state index contributed by atoms with van der Waals surface area (Å²) >= 11 is 6.03. The fourth-order valence-electron chi connectivity index (χ4n) is 1.56. The van der Waals surface area contributed by atoms with Gasteiger partial charge < -0.3 is 5.73 Å². The molecule has 2 rings (SSSR count). The molecule has 1 amide bonds. The van der Waals surface area contributed by atoms with Crippen molar-refractivity contribution in [3.8, 4) is 0 Å². The van der Waals surface area contributed by atoms with E-state index in [1.807, 2.05) is 13.0 Å². The number of pyridine rings is 1. The molecule has 0 radical (unpaired) electrons. The summed E-state index contributed by atoms with van der Waals surface area (Å²) in [7, 11) is 0. The molecular formula is C10H9ClN2O. The first-order valence-electron chi connectivity index (χ1n) is 4.24. The smallest absolute Gasteiger partial charge is 0.251 e. The van der Waals surface area contributed by atoms with Gasteiger partial charge in [0.2, 0.25) is 0 Å². The van der Waals surface area contributed by atoms with E-state index in [0.717, 1.165) is 17.7 Å². The number of allylic oxidation sites excluding steroid dienone is 1. The number of hydrogen-bond acceptors (Lipinski definition) is 2. The van der Waals surface area contributed by atoms with E-state index in [4.69, 9.17) is 17.3 Å². The van der Waals surface area contributed by atoms with Gasteiger partial charge >= 0.3 is 0 Å². The van der Waals surface area contributed by atoms with Crippen molar-refractivity contribution in [3.63, 3.8) is 0 Å². The molecular weight excluding hydrogens is 200 g/mol. The molecule has 0 unspecified atom stereocenters. The second-order valence-corrected chi connectivity index (χ2v) is 3.76. The van der Waals surface area contributed by atoms with Gasteiger partial charge in [0.25, 0.3) is 5.91 Å². The van der Waals surface area contributed by atoms with E-state index in [9.17, 15) is 4.79 Å². The minimum Gasteiger partial charge on any atom is -0.366 e. The number of rotatable bonds is 1. The summed E-state index contributed by atoms with van der Waals surface area (Å²) < 4.78 is 0. The number of amides is 1. The number of halogens is 1. The zero-order chi connectivity index (χ0) is 10.3. The van der Waals surface area contributed by atoms with Crippen LogP contribution in [0.3, 0.4) is 0 Å². The van der Waals surface area contributed by atoms with Gasteiger partial charge in [-0.1, -0.05) is 23.3 Å². The molecule has 1 aromatic heterocycles. The molecule has 0 bridgehead atoms. The van der Waals surface area contributed by atoms with Crippen molar-refractivity contribution in [2.75, 3.05) is 0 Å². The van der Waals surface area contributed by atoms with Crippen LogP contribution in [0.4, 0.5) is 0 Å². The lowest BCUT2D eigenvalue weighted by Crippen LogP contribution is -2.13. The second-order valence-electron chi connectivity index (χ2n) is 3.38. The highest BCUT2D eigenvalue weighted by atomic mass is 35.5. The van der Waals surface area contributed by atoms with Gasteiger partial charge in [-0.25, -0.2) is 0 Å². The lowest BCUT2D eigenvalue weighted by Gasteiger charge is -2.03. The summed E-state index contributed by atoms with van der Waals surface area (Å²) in [6.45, 7) is 2.00. The van der Waals surface area contributed by atoms with Crippen molar-refractivity contribution >= 4 is 23.6 Å². The Balaban J connectivity index is 2.62. The third-order valence-corrected chi connectivity index (χ3v) is 2.64. The summed E-state index contributed by atoms with van der Waals surface area (Å²) in [5.41, 5.74) is 8.39. The van der Waals surface area contributed by atoms with Gasteiger partial charge in [0.05, 0.1) is 16.3 Å². The van der Waals surface area contributed by atoms with E-state index < -0.39 is 5.91 Å². The average Bonchev–Trinajstić information content (AvgIpc) is 2.46. The normalized spacial score (nSPS) is 13.7. The lowest BCUT2D eigenvalue weighted by molar-refractivity contribution is 0.1000. The fourth-order valence-corrected chi connectivity index (χ4v) is 1.87. The summed E-state index contributed by atoms with van der Waals surface area (Å²) in [4.78, 5) is 15.1. The summed E-state index contributed by atoms with van der Waals surface area (Å²) in [5.74, 6) is -0.539. The Hall–Kier alpha value is -1.35. The first kappa shape index (κ1) is 9.21. The molecule has 72 valence electrons. The summed E-state index contributed by atoms with van der Waals surface area (Å²) in [6.07, 6.45) is 4.18. The molecule has 1 aliphatic carbocycles. The Bertz CT molecular complexity index is 452. The van der Waals surface area contributed by atoms with E-state index in [1.54, 1.807) is 0 Å². The molecule has 1 aliphatic rings. The Morgan fingerprint density at radius 3 is 3.00 bits per heavy atom. The Morgan fingerprint density at radius 2 is 2.36 bits per heavy atom. The van der Waals surface area contributed by atoms with Crippen LogP contribution in [-0.4, -0.2) is 10.9 Å². The molecule has 0 aromatic carbocycles. The van der Waals surface area contributed by atoms with Gasteiger partial charge in [0.1, 0.15) is 0 Å². The molecule has 14 heavy (non-hydrogen) atoms. The van der Waals surface area contributed by atoms with Crippen LogP contribution in [-0.2, 0) is 6.42 Å². The topological polar surface area (TPSA) is 56.0 Å². The van der Waals surface area contributed by atoms with Crippen LogP contribution in [0.25, 0.3) is 6.08 Å². The van der Waals surface area contributed by atoms with Crippen molar-refractivity contribution in [1.29, 1.82) is 0 Å². The molecule has 0 spiro atoms. The molecule has 3 nitrogen and oxygen atoms in total. The van der Waals surface area contributed by atoms with Crippen molar-refractivity contribution < 1.29 is 4.79 Å². The predicted molar refractivity (Wildman–Crippen MR) is 55.1 cm³/mol. The molecule has 1 heterocycles. The number of fused-ring (bicyclic) bond motifs is 1. The van der Waals surface area contributed by atoms with E-state index in [-0.39, 0.29) is 5.56 Å². The number of carbonyl (C=O) groups excluding carboxylic acids is 1. The maximum absolute atomic E-state index is 11.0. The molecule has 0 atom stereocenters. The monoisotopic (exact) mass is 208 g/mol. The van der Waals surface area contributed by atoms with Crippen LogP contribution in [0.1, 0.15) is 28.5 Å². The van der Waals surface area contributed by atoms with Crippen molar-refractivity contribution in [3.05, 3.63) is 33.6 Å². The Morgan fingerprint density at radius 1 is 1.64 bits per heavy atom. The van der Waals surface area contributed by atoms with Crippen molar-refractivity contribution in [2.24, 2.45) is 5.73 Å². The van der Waals surface area contributed by atoms with Gasteiger partial charge in [-0.05, 0) is 6.92 Å². The molecule has 1 aromatic rings. The number of carbonyl (C=O) groups is 1. The minimum atomic E-state index is -0.539. The fraction of sp³-hybridized carbons (Fsp3) is 0.200. The van der Waals surface area contributed by atoms with Crippen molar-refractivity contribution in [2.45, 2.75) is 13.3 Å². The number of aromatic nitrogens is 1. The summed E-state index contributed by atoms with van der Waals surface area (Å²) in [6, 6.07) is 0. The van der Waals surface area contributed by atoms with Gasteiger partial charge in [-0.2, -0.15) is 0 Å². The Kier molecular flexibility index (Phi) is 2.04. The highest BCUT2D eigenvalue weighted by Crippen LogP contribution is 2.31. The van der Waals surface area contributed by atoms with E-state index in [0.29, 0.717) is 5.02 Å². The number of nitrogens with two attached hydrogens (primary N) is 1. The SMILES string of the molecule is CC1=Cc2c(ncc(C(N)=O)c2Cl)C1. The zero-order valence-electron chi connectivity index (χ0n) is 7.67. The van der Waals surface area contributed by atoms with Crippen LogP contribution in [0.2, 0.25) is 5.02 Å². The maximum atomic E-state index is 11.0. The highest BCUT2D eigenvalue weighted by Gasteiger charge is 2.18. The van der Waals surface area contributed by atoms with E-state index in [1.165, 1.54) is 11.8 Å². The molecule has 2 N–H and O–H groups in total. The van der Waals surface area contributed by atoms with Crippen LogP contribution in [0, 0.1) is 0 Å². The lowest BCUT2D eigenvalue weighted by atomic mass is 10.1. The zero-order valence-corrected chi connectivity index (χ0v) is 8.43. The third-order valence-electron chi connectivity index (χ3n) is 2.24. The van der Waals surface area contributed by atoms with Crippen LogP contribution in [0.15, 0.2) is 11.8 Å². The maximum Gasteiger partial charge on any atom is 0.251 e. The predicted octanol–water partition coefficient (Wildman–Crippen LogP) is 1.79. The standard InChI is InChI=1S/C10H9ClN2O/c1-5-2-6-8(3-5)13-4-7(9(6)11)10(12)14/h2,4H,3H2,1H3,(H2,12,14). The van der Waals surface area contributed by atoms with E-state index >= 15 is 0 Å². The molecule has 0 saturated carbocycles. The van der Waals surface area contributed by atoms with Gasteiger partial charge in [0, 0.05) is 18.2 Å². The molecule has 0 aliphatic heterocycles. The summed E-state index contributed by atoms with van der Waals surface area (Å²) in [5, 5.41) is 0.416. The number of primary amides is 1. The Labute approximate surface area is 86.6 Å².